The summed E-state index contributed by atoms with van der Waals surface area (Å²) in [5.41, 5.74) is 4.40. The van der Waals surface area contributed by atoms with Gasteiger partial charge in [-0.05, 0) is 68.8 Å². The second kappa shape index (κ2) is 13.7. The summed E-state index contributed by atoms with van der Waals surface area (Å²) in [6.45, 7) is 13.6. The van der Waals surface area contributed by atoms with Gasteiger partial charge in [0.25, 0.3) is 5.91 Å². The summed E-state index contributed by atoms with van der Waals surface area (Å²) in [7, 11) is 1.62. The highest BCUT2D eigenvalue weighted by Crippen LogP contribution is 2.29. The summed E-state index contributed by atoms with van der Waals surface area (Å²) in [5, 5.41) is 4.91. The molecule has 0 N–H and O–H groups in total. The van der Waals surface area contributed by atoms with Crippen LogP contribution in [0.4, 0.5) is 0 Å². The Morgan fingerprint density at radius 1 is 1.05 bits per heavy atom. The first-order valence-electron chi connectivity index (χ1n) is 14.6. The molecule has 1 fully saturated rings. The molecular formula is C32H45N5O2. The monoisotopic (exact) mass is 531 g/mol. The van der Waals surface area contributed by atoms with Crippen molar-refractivity contribution in [3.63, 3.8) is 0 Å². The molecule has 7 nitrogen and oxygen atoms in total. The van der Waals surface area contributed by atoms with Gasteiger partial charge in [0.1, 0.15) is 5.69 Å². The van der Waals surface area contributed by atoms with Gasteiger partial charge < -0.3 is 9.64 Å². The number of carbonyl (C=O) groups is 1. The SMILES string of the molecule is COc1ccc(-c2nn3ccc(C(=O)N(CCC(C)C)CCC(C)C)cc3c2C=CCN2CCCCC2)cn1. The fraction of sp³-hybridized carbons (Fsp3) is 0.531. The average Bonchev–Trinajstić information content (AvgIpc) is 3.30. The average molecular weight is 532 g/mol. The summed E-state index contributed by atoms with van der Waals surface area (Å²) in [6.07, 6.45) is 14.0. The second-order valence-electron chi connectivity index (χ2n) is 11.5. The lowest BCUT2D eigenvalue weighted by molar-refractivity contribution is 0.0741. The Labute approximate surface area is 233 Å². The fourth-order valence-corrected chi connectivity index (χ4v) is 5.00. The molecule has 0 atom stereocenters. The number of hydrogen-bond donors (Lipinski definition) is 0. The standard InChI is InChI=1S/C32H45N5O2/c1-24(2)13-19-36(20-14-25(3)4)32(38)26-15-21-37-29(22-26)28(10-9-18-35-16-7-6-8-17-35)31(34-37)27-11-12-30(39-5)33-23-27/h9-12,15,21-25H,6-8,13-14,16-20H2,1-5H3. The first kappa shape index (κ1) is 28.8. The summed E-state index contributed by atoms with van der Waals surface area (Å²) in [6, 6.07) is 7.75. The molecule has 0 spiro atoms. The van der Waals surface area contributed by atoms with Crippen molar-refractivity contribution in [1.29, 1.82) is 0 Å². The molecule has 39 heavy (non-hydrogen) atoms. The molecule has 4 rings (SSSR count). The van der Waals surface area contributed by atoms with Crippen LogP contribution in [0.15, 0.2) is 42.7 Å². The van der Waals surface area contributed by atoms with Crippen LogP contribution in [-0.4, -0.2) is 70.1 Å². The van der Waals surface area contributed by atoms with E-state index in [1.165, 1.54) is 19.3 Å². The zero-order valence-electron chi connectivity index (χ0n) is 24.4. The predicted octanol–water partition coefficient (Wildman–Crippen LogP) is 6.44. The molecule has 1 saturated heterocycles. The van der Waals surface area contributed by atoms with E-state index in [9.17, 15) is 4.79 Å². The fourth-order valence-electron chi connectivity index (χ4n) is 5.00. The molecule has 210 valence electrons. The number of pyridine rings is 2. The summed E-state index contributed by atoms with van der Waals surface area (Å²) >= 11 is 0. The maximum absolute atomic E-state index is 13.7. The van der Waals surface area contributed by atoms with Gasteiger partial charge in [-0.1, -0.05) is 46.3 Å². The minimum absolute atomic E-state index is 0.0934. The number of hydrogen-bond acceptors (Lipinski definition) is 5. The van der Waals surface area contributed by atoms with E-state index in [2.05, 4.69) is 49.7 Å². The van der Waals surface area contributed by atoms with Gasteiger partial charge in [0, 0.05) is 54.8 Å². The number of fused-ring (bicyclic) bond motifs is 1. The molecule has 4 heterocycles. The van der Waals surface area contributed by atoms with Crippen molar-refractivity contribution in [3.8, 4) is 17.1 Å². The maximum Gasteiger partial charge on any atom is 0.253 e. The Hall–Kier alpha value is -3.19. The van der Waals surface area contributed by atoms with E-state index in [0.29, 0.717) is 23.3 Å². The molecule has 0 bridgehead atoms. The number of aromatic nitrogens is 3. The topological polar surface area (TPSA) is 63.0 Å². The van der Waals surface area contributed by atoms with Crippen LogP contribution < -0.4 is 4.74 Å². The summed E-state index contributed by atoms with van der Waals surface area (Å²) in [4.78, 5) is 22.7. The lowest BCUT2D eigenvalue weighted by Crippen LogP contribution is -2.34. The third kappa shape index (κ3) is 7.69. The number of carbonyl (C=O) groups excluding carboxylic acids is 1. The Balaban J connectivity index is 1.69. The molecule has 3 aromatic rings. The van der Waals surface area contributed by atoms with Gasteiger partial charge in [-0.3, -0.25) is 9.69 Å². The quantitative estimate of drug-likeness (QED) is 0.269. The molecule has 7 heteroatoms. The van der Waals surface area contributed by atoms with Crippen molar-refractivity contribution in [2.75, 3.05) is 39.8 Å². The third-order valence-electron chi connectivity index (χ3n) is 7.48. The van der Waals surface area contributed by atoms with E-state index in [0.717, 1.165) is 67.9 Å². The van der Waals surface area contributed by atoms with Crippen LogP contribution in [0.5, 0.6) is 5.88 Å². The van der Waals surface area contributed by atoms with Gasteiger partial charge in [-0.15, -0.1) is 0 Å². The van der Waals surface area contributed by atoms with E-state index >= 15 is 0 Å². The van der Waals surface area contributed by atoms with Crippen molar-refractivity contribution in [2.45, 2.75) is 59.8 Å². The molecule has 0 aromatic carbocycles. The Morgan fingerprint density at radius 3 is 2.38 bits per heavy atom. The number of nitrogens with zero attached hydrogens (tertiary/aromatic N) is 5. The van der Waals surface area contributed by atoms with Crippen molar-refractivity contribution in [3.05, 3.63) is 53.9 Å². The Kier molecular flexibility index (Phi) is 10.2. The first-order valence-corrected chi connectivity index (χ1v) is 14.6. The molecule has 0 radical (unpaired) electrons. The molecule has 0 saturated carbocycles. The second-order valence-corrected chi connectivity index (χ2v) is 11.5. The molecule has 1 aliphatic heterocycles. The lowest BCUT2D eigenvalue weighted by Gasteiger charge is -2.25. The minimum Gasteiger partial charge on any atom is -0.481 e. The predicted molar refractivity (Wildman–Crippen MR) is 159 cm³/mol. The minimum atomic E-state index is 0.0934. The number of ether oxygens (including phenoxy) is 1. The van der Waals surface area contributed by atoms with E-state index in [1.807, 2.05) is 39.9 Å². The van der Waals surface area contributed by atoms with Crippen LogP contribution in [0.25, 0.3) is 22.9 Å². The summed E-state index contributed by atoms with van der Waals surface area (Å²) < 4.78 is 7.14. The van der Waals surface area contributed by atoms with E-state index in [4.69, 9.17) is 9.84 Å². The molecule has 0 unspecified atom stereocenters. The smallest absolute Gasteiger partial charge is 0.253 e. The van der Waals surface area contributed by atoms with Crippen molar-refractivity contribution in [1.82, 2.24) is 24.4 Å². The zero-order chi connectivity index (χ0) is 27.8. The number of piperidine rings is 1. The highest BCUT2D eigenvalue weighted by Gasteiger charge is 2.20. The lowest BCUT2D eigenvalue weighted by atomic mass is 10.1. The van der Waals surface area contributed by atoms with Gasteiger partial charge in [0.2, 0.25) is 5.88 Å². The molecule has 1 amide bonds. The van der Waals surface area contributed by atoms with E-state index in [-0.39, 0.29) is 5.91 Å². The largest absolute Gasteiger partial charge is 0.481 e. The number of likely N-dealkylation sites (tertiary alicyclic amines) is 1. The van der Waals surface area contributed by atoms with Gasteiger partial charge in [-0.25, -0.2) is 9.50 Å². The highest BCUT2D eigenvalue weighted by molar-refractivity contribution is 5.96. The number of rotatable bonds is 12. The van der Waals surface area contributed by atoms with Crippen molar-refractivity contribution < 1.29 is 9.53 Å². The van der Waals surface area contributed by atoms with Gasteiger partial charge in [0.05, 0.1) is 12.6 Å². The maximum atomic E-state index is 13.7. The Morgan fingerprint density at radius 2 is 1.77 bits per heavy atom. The first-order chi connectivity index (χ1) is 18.9. The van der Waals surface area contributed by atoms with E-state index < -0.39 is 0 Å². The third-order valence-corrected chi connectivity index (χ3v) is 7.48. The van der Waals surface area contributed by atoms with Crippen LogP contribution >= 0.6 is 0 Å². The number of amides is 1. The number of methoxy groups -OCH3 is 1. The van der Waals surface area contributed by atoms with Gasteiger partial charge in [-0.2, -0.15) is 5.10 Å². The van der Waals surface area contributed by atoms with Gasteiger partial charge >= 0.3 is 0 Å². The molecular weight excluding hydrogens is 486 g/mol. The Bertz CT molecular complexity index is 1230. The molecule has 3 aromatic heterocycles. The van der Waals surface area contributed by atoms with Crippen molar-refractivity contribution >= 4 is 17.5 Å². The zero-order valence-corrected chi connectivity index (χ0v) is 24.4. The van der Waals surface area contributed by atoms with E-state index in [1.54, 1.807) is 13.3 Å². The highest BCUT2D eigenvalue weighted by atomic mass is 16.5. The summed E-state index contributed by atoms with van der Waals surface area (Å²) in [5.74, 6) is 1.76. The molecule has 0 aliphatic carbocycles. The normalized spacial score (nSPS) is 14.6. The molecule has 1 aliphatic rings. The van der Waals surface area contributed by atoms with Crippen LogP contribution in [0, 0.1) is 11.8 Å². The van der Waals surface area contributed by atoms with Crippen LogP contribution in [0.3, 0.4) is 0 Å². The van der Waals surface area contributed by atoms with Crippen LogP contribution in [0.2, 0.25) is 0 Å². The van der Waals surface area contributed by atoms with Gasteiger partial charge in [0.15, 0.2) is 0 Å². The van der Waals surface area contributed by atoms with Crippen LogP contribution in [-0.2, 0) is 0 Å². The van der Waals surface area contributed by atoms with Crippen LogP contribution in [0.1, 0.15) is 75.7 Å². The van der Waals surface area contributed by atoms with Crippen molar-refractivity contribution in [2.24, 2.45) is 11.8 Å².